The molecule has 0 aliphatic rings. The first-order valence-electron chi connectivity index (χ1n) is 6.34. The van der Waals surface area contributed by atoms with Crippen LogP contribution in [0.2, 0.25) is 0 Å². The van der Waals surface area contributed by atoms with Crippen molar-refractivity contribution in [3.8, 4) is 0 Å². The van der Waals surface area contributed by atoms with Gasteiger partial charge in [-0.05, 0) is 26.3 Å². The third-order valence-corrected chi connectivity index (χ3v) is 3.71. The van der Waals surface area contributed by atoms with E-state index in [4.69, 9.17) is 4.74 Å². The van der Waals surface area contributed by atoms with Crippen molar-refractivity contribution >= 4 is 17.7 Å². The fraction of sp³-hybridized carbons (Fsp3) is 0.615. The molecule has 1 aromatic heterocycles. The zero-order chi connectivity index (χ0) is 14.1. The molecule has 5 nitrogen and oxygen atoms in total. The molecule has 1 rings (SSSR count). The van der Waals surface area contributed by atoms with E-state index in [0.717, 1.165) is 23.7 Å². The monoisotopic (exact) mass is 283 g/mol. The maximum atomic E-state index is 11.9. The third-order valence-electron chi connectivity index (χ3n) is 2.79. The van der Waals surface area contributed by atoms with Crippen molar-refractivity contribution in [2.24, 2.45) is 0 Å². The second-order valence-corrected chi connectivity index (χ2v) is 5.51. The number of thioether (sulfide) groups is 1. The van der Waals surface area contributed by atoms with Crippen LogP contribution in [0.5, 0.6) is 0 Å². The largest absolute Gasteiger partial charge is 0.468 e. The average molecular weight is 283 g/mol. The van der Waals surface area contributed by atoms with E-state index in [-0.39, 0.29) is 5.97 Å². The molecule has 6 heteroatoms. The van der Waals surface area contributed by atoms with Crippen LogP contribution >= 0.6 is 11.8 Å². The number of rotatable bonds is 8. The van der Waals surface area contributed by atoms with Crippen molar-refractivity contribution in [1.82, 2.24) is 15.3 Å². The van der Waals surface area contributed by atoms with E-state index in [9.17, 15) is 4.79 Å². The first-order chi connectivity index (χ1) is 9.12. The van der Waals surface area contributed by atoms with E-state index < -0.39 is 5.54 Å². The van der Waals surface area contributed by atoms with Gasteiger partial charge in [0.05, 0.1) is 13.3 Å². The lowest BCUT2D eigenvalue weighted by atomic mass is 9.99. The molecule has 0 aliphatic carbocycles. The SMILES string of the molecule is CCCNC(C)(CCSc1cnccn1)C(=O)OC. The highest BCUT2D eigenvalue weighted by Gasteiger charge is 2.33. The van der Waals surface area contributed by atoms with E-state index in [2.05, 4.69) is 22.2 Å². The van der Waals surface area contributed by atoms with Crippen LogP contribution in [0.25, 0.3) is 0 Å². The van der Waals surface area contributed by atoms with Crippen LogP contribution in [0.1, 0.15) is 26.7 Å². The van der Waals surface area contributed by atoms with Crippen LogP contribution in [0.3, 0.4) is 0 Å². The highest BCUT2D eigenvalue weighted by molar-refractivity contribution is 7.99. The summed E-state index contributed by atoms with van der Waals surface area (Å²) < 4.78 is 4.88. The fourth-order valence-electron chi connectivity index (χ4n) is 1.61. The van der Waals surface area contributed by atoms with Gasteiger partial charge in [-0.25, -0.2) is 4.98 Å². The standard InChI is InChI=1S/C13H21N3O2S/c1-4-6-16-13(2,12(17)18-3)5-9-19-11-10-14-7-8-15-11/h7-8,10,16H,4-6,9H2,1-3H3. The lowest BCUT2D eigenvalue weighted by Crippen LogP contribution is -2.50. The molecule has 0 radical (unpaired) electrons. The molecule has 0 saturated heterocycles. The molecule has 1 atom stereocenters. The Kier molecular flexibility index (Phi) is 6.80. The summed E-state index contributed by atoms with van der Waals surface area (Å²) in [5, 5.41) is 4.12. The van der Waals surface area contributed by atoms with Crippen molar-refractivity contribution in [1.29, 1.82) is 0 Å². The van der Waals surface area contributed by atoms with Gasteiger partial charge in [0.1, 0.15) is 10.6 Å². The van der Waals surface area contributed by atoms with E-state index in [1.54, 1.807) is 30.4 Å². The topological polar surface area (TPSA) is 64.1 Å². The minimum absolute atomic E-state index is 0.222. The Morgan fingerprint density at radius 3 is 2.89 bits per heavy atom. The highest BCUT2D eigenvalue weighted by atomic mass is 32.2. The quantitative estimate of drug-likeness (QED) is 0.580. The Hall–Kier alpha value is -1.14. The minimum Gasteiger partial charge on any atom is -0.468 e. The number of esters is 1. The summed E-state index contributed by atoms with van der Waals surface area (Å²) in [6.07, 6.45) is 6.69. The molecular formula is C13H21N3O2S. The molecule has 0 amide bonds. The summed E-state index contributed by atoms with van der Waals surface area (Å²) in [4.78, 5) is 20.1. The summed E-state index contributed by atoms with van der Waals surface area (Å²) >= 11 is 1.59. The number of carbonyl (C=O) groups excluding carboxylic acids is 1. The number of ether oxygens (including phenoxy) is 1. The molecule has 0 saturated carbocycles. The first kappa shape index (κ1) is 15.9. The zero-order valence-corrected chi connectivity index (χ0v) is 12.5. The van der Waals surface area contributed by atoms with Gasteiger partial charge in [0.2, 0.25) is 0 Å². The highest BCUT2D eigenvalue weighted by Crippen LogP contribution is 2.20. The Balaban J connectivity index is 2.51. The van der Waals surface area contributed by atoms with E-state index in [0.29, 0.717) is 6.42 Å². The van der Waals surface area contributed by atoms with E-state index in [1.165, 1.54) is 7.11 Å². The molecule has 1 N–H and O–H groups in total. The van der Waals surface area contributed by atoms with Crippen molar-refractivity contribution in [2.75, 3.05) is 19.4 Å². The molecule has 1 unspecified atom stereocenters. The molecule has 0 spiro atoms. The smallest absolute Gasteiger partial charge is 0.325 e. The van der Waals surface area contributed by atoms with Gasteiger partial charge >= 0.3 is 5.97 Å². The van der Waals surface area contributed by atoms with Crippen LogP contribution in [0.15, 0.2) is 23.6 Å². The summed E-state index contributed by atoms with van der Waals surface area (Å²) in [6.45, 7) is 4.74. The van der Waals surface area contributed by atoms with Crippen molar-refractivity contribution in [2.45, 2.75) is 37.3 Å². The number of nitrogens with zero attached hydrogens (tertiary/aromatic N) is 2. The maximum Gasteiger partial charge on any atom is 0.325 e. The number of hydrogen-bond acceptors (Lipinski definition) is 6. The number of aromatic nitrogens is 2. The van der Waals surface area contributed by atoms with Crippen LogP contribution in [0, 0.1) is 0 Å². The number of nitrogens with one attached hydrogen (secondary N) is 1. The van der Waals surface area contributed by atoms with Gasteiger partial charge < -0.3 is 10.1 Å². The molecule has 0 aliphatic heterocycles. The summed E-state index contributed by atoms with van der Waals surface area (Å²) in [7, 11) is 1.42. The van der Waals surface area contributed by atoms with Gasteiger partial charge in [-0.1, -0.05) is 6.92 Å². The molecule has 0 bridgehead atoms. The Labute approximate surface area is 118 Å². The Morgan fingerprint density at radius 2 is 2.32 bits per heavy atom. The van der Waals surface area contributed by atoms with Gasteiger partial charge in [0.25, 0.3) is 0 Å². The van der Waals surface area contributed by atoms with Crippen molar-refractivity contribution in [3.63, 3.8) is 0 Å². The lowest BCUT2D eigenvalue weighted by Gasteiger charge is -2.27. The third kappa shape index (κ3) is 5.16. The van der Waals surface area contributed by atoms with Gasteiger partial charge in [0.15, 0.2) is 0 Å². The summed E-state index contributed by atoms with van der Waals surface area (Å²) in [6, 6.07) is 0. The maximum absolute atomic E-state index is 11.9. The average Bonchev–Trinajstić information content (AvgIpc) is 2.45. The molecular weight excluding hydrogens is 262 g/mol. The second kappa shape index (κ2) is 8.12. The van der Waals surface area contributed by atoms with Crippen LogP contribution in [-0.2, 0) is 9.53 Å². The van der Waals surface area contributed by atoms with Gasteiger partial charge in [-0.2, -0.15) is 0 Å². The molecule has 19 heavy (non-hydrogen) atoms. The van der Waals surface area contributed by atoms with Gasteiger partial charge in [0, 0.05) is 18.1 Å². The Morgan fingerprint density at radius 1 is 1.53 bits per heavy atom. The van der Waals surface area contributed by atoms with Crippen LogP contribution in [0.4, 0.5) is 0 Å². The lowest BCUT2D eigenvalue weighted by molar-refractivity contribution is -0.148. The number of carbonyl (C=O) groups is 1. The Bertz CT molecular complexity index is 389. The molecule has 0 aromatic carbocycles. The summed E-state index contributed by atoms with van der Waals surface area (Å²) in [5.41, 5.74) is -0.639. The molecule has 1 aromatic rings. The van der Waals surface area contributed by atoms with Crippen molar-refractivity contribution < 1.29 is 9.53 Å². The number of hydrogen-bond donors (Lipinski definition) is 1. The normalized spacial score (nSPS) is 13.8. The van der Waals surface area contributed by atoms with Gasteiger partial charge in [-0.3, -0.25) is 9.78 Å². The van der Waals surface area contributed by atoms with Crippen LogP contribution in [-0.4, -0.2) is 40.9 Å². The molecule has 0 fully saturated rings. The second-order valence-electron chi connectivity index (χ2n) is 4.39. The molecule has 106 valence electrons. The predicted molar refractivity (Wildman–Crippen MR) is 76.1 cm³/mol. The van der Waals surface area contributed by atoms with Crippen molar-refractivity contribution in [3.05, 3.63) is 18.6 Å². The van der Waals surface area contributed by atoms with Gasteiger partial charge in [-0.15, -0.1) is 11.8 Å². The molecule has 1 heterocycles. The van der Waals surface area contributed by atoms with E-state index >= 15 is 0 Å². The first-order valence-corrected chi connectivity index (χ1v) is 7.33. The van der Waals surface area contributed by atoms with Crippen LogP contribution < -0.4 is 5.32 Å². The number of methoxy groups -OCH3 is 1. The predicted octanol–water partition coefficient (Wildman–Crippen LogP) is 1.89. The fourth-order valence-corrected chi connectivity index (χ4v) is 2.60. The minimum atomic E-state index is -0.639. The van der Waals surface area contributed by atoms with E-state index in [1.807, 2.05) is 6.92 Å². The zero-order valence-electron chi connectivity index (χ0n) is 11.7. The summed E-state index contributed by atoms with van der Waals surface area (Å²) in [5.74, 6) is 0.557.